The van der Waals surface area contributed by atoms with E-state index in [1.54, 1.807) is 13.2 Å². The SMILES string of the molecule is Cc1c(NC(=O)c2ccc(C(C)(C)C)cc2)cccc1-c1cn(C)c(=O)c(Nc2ccc(N3CCC(O)C3)cc2)n1. The smallest absolute Gasteiger partial charge is 0.293 e. The van der Waals surface area contributed by atoms with Crippen molar-refractivity contribution < 1.29 is 9.90 Å². The van der Waals surface area contributed by atoms with Crippen LogP contribution >= 0.6 is 0 Å². The summed E-state index contributed by atoms with van der Waals surface area (Å²) in [5.41, 5.74) is 6.24. The van der Waals surface area contributed by atoms with E-state index in [4.69, 9.17) is 0 Å². The van der Waals surface area contributed by atoms with Crippen LogP contribution in [0.3, 0.4) is 0 Å². The number of benzene rings is 3. The predicted molar refractivity (Wildman–Crippen MR) is 165 cm³/mol. The fraction of sp³-hybridized carbons (Fsp3) is 0.303. The second-order valence-corrected chi connectivity index (χ2v) is 11.7. The molecule has 5 rings (SSSR count). The maximum absolute atomic E-state index is 13.1. The highest BCUT2D eigenvalue weighted by molar-refractivity contribution is 6.05. The zero-order valence-electron chi connectivity index (χ0n) is 24.2. The van der Waals surface area contributed by atoms with Crippen molar-refractivity contribution in [2.75, 3.05) is 28.6 Å². The summed E-state index contributed by atoms with van der Waals surface area (Å²) >= 11 is 0. The fourth-order valence-corrected chi connectivity index (χ4v) is 5.05. The van der Waals surface area contributed by atoms with Gasteiger partial charge in [-0.15, -0.1) is 0 Å². The second-order valence-electron chi connectivity index (χ2n) is 11.7. The van der Waals surface area contributed by atoms with E-state index in [2.05, 4.69) is 41.3 Å². The van der Waals surface area contributed by atoms with E-state index in [-0.39, 0.29) is 28.8 Å². The topological polar surface area (TPSA) is 99.5 Å². The van der Waals surface area contributed by atoms with E-state index in [1.807, 2.05) is 73.7 Å². The normalized spacial score (nSPS) is 15.2. The monoisotopic (exact) mass is 551 g/mol. The lowest BCUT2D eigenvalue weighted by Crippen LogP contribution is -2.22. The summed E-state index contributed by atoms with van der Waals surface area (Å²) in [6.07, 6.45) is 2.17. The van der Waals surface area contributed by atoms with Gasteiger partial charge in [0.15, 0.2) is 5.82 Å². The van der Waals surface area contributed by atoms with Gasteiger partial charge in [-0.05, 0) is 72.4 Å². The average Bonchev–Trinajstić information content (AvgIpc) is 3.38. The molecular weight excluding hydrogens is 514 g/mol. The Labute approximate surface area is 240 Å². The lowest BCUT2D eigenvalue weighted by Gasteiger charge is -2.19. The van der Waals surface area contributed by atoms with Gasteiger partial charge in [0.25, 0.3) is 11.5 Å². The summed E-state index contributed by atoms with van der Waals surface area (Å²) in [4.78, 5) is 32.8. The van der Waals surface area contributed by atoms with Crippen LogP contribution in [0.2, 0.25) is 0 Å². The molecule has 41 heavy (non-hydrogen) atoms. The number of rotatable bonds is 6. The van der Waals surface area contributed by atoms with Crippen LogP contribution in [0.1, 0.15) is 48.7 Å². The first-order valence-electron chi connectivity index (χ1n) is 13.9. The summed E-state index contributed by atoms with van der Waals surface area (Å²) in [7, 11) is 1.70. The summed E-state index contributed by atoms with van der Waals surface area (Å²) in [6.45, 7) is 9.80. The molecule has 8 heteroatoms. The molecular formula is C33H37N5O3. The minimum atomic E-state index is -0.293. The number of anilines is 4. The fourth-order valence-electron chi connectivity index (χ4n) is 5.05. The van der Waals surface area contributed by atoms with Gasteiger partial charge in [-0.25, -0.2) is 4.98 Å². The molecule has 0 radical (unpaired) electrons. The zero-order chi connectivity index (χ0) is 29.3. The summed E-state index contributed by atoms with van der Waals surface area (Å²) in [6, 6.07) is 21.1. The summed E-state index contributed by atoms with van der Waals surface area (Å²) in [5, 5.41) is 16.0. The largest absolute Gasteiger partial charge is 0.391 e. The minimum absolute atomic E-state index is 0.0119. The average molecular weight is 552 g/mol. The van der Waals surface area contributed by atoms with Crippen LogP contribution in [0.5, 0.6) is 0 Å². The number of carbonyl (C=O) groups excluding carboxylic acids is 1. The van der Waals surface area contributed by atoms with Crippen molar-refractivity contribution >= 4 is 28.8 Å². The van der Waals surface area contributed by atoms with Crippen LogP contribution < -0.4 is 21.1 Å². The third-order valence-electron chi connectivity index (χ3n) is 7.60. The third kappa shape index (κ3) is 6.18. The van der Waals surface area contributed by atoms with Gasteiger partial charge >= 0.3 is 0 Å². The number of hydrogen-bond donors (Lipinski definition) is 3. The van der Waals surface area contributed by atoms with Crippen molar-refractivity contribution in [1.82, 2.24) is 9.55 Å². The number of nitrogens with one attached hydrogen (secondary N) is 2. The lowest BCUT2D eigenvalue weighted by molar-refractivity contribution is 0.102. The number of amides is 1. The molecule has 0 bridgehead atoms. The Morgan fingerprint density at radius 2 is 1.73 bits per heavy atom. The molecule has 1 aliphatic rings. The molecule has 1 aromatic heterocycles. The molecule has 8 nitrogen and oxygen atoms in total. The van der Waals surface area contributed by atoms with E-state index in [9.17, 15) is 14.7 Å². The Morgan fingerprint density at radius 3 is 2.37 bits per heavy atom. The highest BCUT2D eigenvalue weighted by atomic mass is 16.3. The maximum Gasteiger partial charge on any atom is 0.293 e. The van der Waals surface area contributed by atoms with E-state index < -0.39 is 0 Å². The molecule has 4 aromatic rings. The number of nitrogens with zero attached hydrogens (tertiary/aromatic N) is 3. The van der Waals surface area contributed by atoms with Crippen molar-refractivity contribution in [1.29, 1.82) is 0 Å². The molecule has 1 amide bonds. The van der Waals surface area contributed by atoms with Crippen LogP contribution in [0, 0.1) is 6.92 Å². The highest BCUT2D eigenvalue weighted by Gasteiger charge is 2.20. The van der Waals surface area contributed by atoms with Crippen LogP contribution in [-0.2, 0) is 12.5 Å². The van der Waals surface area contributed by atoms with Crippen molar-refractivity contribution in [2.45, 2.75) is 45.6 Å². The van der Waals surface area contributed by atoms with E-state index in [0.717, 1.165) is 35.5 Å². The standard InChI is InChI=1S/C33H37N5O3/c1-21-27(7-6-8-28(21)36-31(40)22-9-11-23(12-10-22)33(2,3)4)29-20-37(5)32(41)30(35-29)34-24-13-15-25(16-14-24)38-18-17-26(39)19-38/h6-16,20,26,39H,17-19H2,1-5H3,(H,34,35)(H,36,40). The van der Waals surface area contributed by atoms with Crippen molar-refractivity contribution in [2.24, 2.45) is 7.05 Å². The number of aliphatic hydroxyl groups is 1. The number of carbonyl (C=O) groups is 1. The number of aliphatic hydroxyl groups excluding tert-OH is 1. The first kappa shape index (κ1) is 28.1. The summed E-state index contributed by atoms with van der Waals surface area (Å²) in [5.74, 6) is 0.0236. The molecule has 1 saturated heterocycles. The Hall–Kier alpha value is -4.43. The molecule has 0 aliphatic carbocycles. The maximum atomic E-state index is 13.1. The minimum Gasteiger partial charge on any atom is -0.391 e. The molecule has 1 atom stereocenters. The predicted octanol–water partition coefficient (Wildman–Crippen LogP) is 5.62. The number of aryl methyl sites for hydroxylation is 1. The van der Waals surface area contributed by atoms with Crippen LogP contribution in [0.25, 0.3) is 11.3 Å². The second kappa shape index (κ2) is 11.2. The molecule has 1 aliphatic heterocycles. The Balaban J connectivity index is 1.37. The van der Waals surface area contributed by atoms with Crippen molar-refractivity contribution in [3.05, 3.63) is 100.0 Å². The van der Waals surface area contributed by atoms with Gasteiger partial charge in [0, 0.05) is 54.5 Å². The van der Waals surface area contributed by atoms with Crippen LogP contribution in [0.4, 0.5) is 22.9 Å². The quantitative estimate of drug-likeness (QED) is 0.288. The van der Waals surface area contributed by atoms with Gasteiger partial charge in [0.2, 0.25) is 0 Å². The van der Waals surface area contributed by atoms with Gasteiger partial charge in [-0.2, -0.15) is 0 Å². The molecule has 0 spiro atoms. The van der Waals surface area contributed by atoms with Gasteiger partial charge < -0.3 is 25.2 Å². The molecule has 1 fully saturated rings. The Morgan fingerprint density at radius 1 is 1.02 bits per heavy atom. The van der Waals surface area contributed by atoms with E-state index >= 15 is 0 Å². The third-order valence-corrected chi connectivity index (χ3v) is 7.60. The van der Waals surface area contributed by atoms with Gasteiger partial charge in [0.1, 0.15) is 0 Å². The van der Waals surface area contributed by atoms with Gasteiger partial charge in [-0.3, -0.25) is 9.59 Å². The molecule has 0 saturated carbocycles. The van der Waals surface area contributed by atoms with Crippen LogP contribution in [-0.4, -0.2) is 39.8 Å². The molecule has 1 unspecified atom stereocenters. The van der Waals surface area contributed by atoms with Gasteiger partial charge in [-0.1, -0.05) is 45.0 Å². The Kier molecular flexibility index (Phi) is 7.69. The van der Waals surface area contributed by atoms with Crippen molar-refractivity contribution in [3.8, 4) is 11.3 Å². The lowest BCUT2D eigenvalue weighted by atomic mass is 9.86. The highest BCUT2D eigenvalue weighted by Crippen LogP contribution is 2.29. The number of aromatic nitrogens is 2. The van der Waals surface area contributed by atoms with Crippen molar-refractivity contribution in [3.63, 3.8) is 0 Å². The Bertz CT molecular complexity index is 1620. The number of hydrogen-bond acceptors (Lipinski definition) is 6. The molecule has 3 N–H and O–H groups in total. The molecule has 3 aromatic carbocycles. The zero-order valence-corrected chi connectivity index (χ0v) is 24.2. The first-order chi connectivity index (χ1) is 19.5. The molecule has 212 valence electrons. The summed E-state index contributed by atoms with van der Waals surface area (Å²) < 4.78 is 1.51. The molecule has 2 heterocycles. The van der Waals surface area contributed by atoms with Gasteiger partial charge in [0.05, 0.1) is 11.8 Å². The first-order valence-corrected chi connectivity index (χ1v) is 13.9. The number of β-amino-alcohol motifs (C(OH)–C–C–N with tert-alkyl or cyclic N) is 1. The van der Waals surface area contributed by atoms with E-state index in [0.29, 0.717) is 23.5 Å². The van der Waals surface area contributed by atoms with E-state index in [1.165, 1.54) is 10.1 Å². The van der Waals surface area contributed by atoms with Crippen LogP contribution in [0.15, 0.2) is 77.7 Å².